The van der Waals surface area contributed by atoms with Gasteiger partial charge in [0.25, 0.3) is 0 Å². The van der Waals surface area contributed by atoms with Gasteiger partial charge in [0.2, 0.25) is 17.7 Å². The van der Waals surface area contributed by atoms with Gasteiger partial charge in [-0.25, -0.2) is 0 Å². The van der Waals surface area contributed by atoms with Crippen LogP contribution in [0.5, 0.6) is 5.75 Å². The second-order valence-electron chi connectivity index (χ2n) is 6.65. The van der Waals surface area contributed by atoms with E-state index in [1.54, 1.807) is 32.0 Å². The average molecular weight is 352 g/mol. The molecular weight excluding hydrogens is 332 g/mol. The molecule has 1 aliphatic rings. The van der Waals surface area contributed by atoms with Gasteiger partial charge in [0.05, 0.1) is 11.5 Å². The Kier molecular flexibility index (Phi) is 4.89. The minimum atomic E-state index is -1.41. The number of Topliss-reactive ketones (excluding diaryl/α,β-unsaturated/α-hetero) is 2. The molecule has 0 bridgehead atoms. The minimum Gasteiger partial charge on any atom is -0.488 e. The smallest absolute Gasteiger partial charge is 0.309 e. The van der Waals surface area contributed by atoms with Gasteiger partial charge in [-0.1, -0.05) is 55.8 Å². The third-order valence-electron chi connectivity index (χ3n) is 4.23. The molecule has 0 fully saturated rings. The number of hydrogen-bond acceptors (Lipinski definition) is 5. The van der Waals surface area contributed by atoms with E-state index in [0.29, 0.717) is 5.75 Å². The number of carbonyl (C=O) groups excluding carboxylic acids is 3. The van der Waals surface area contributed by atoms with Crippen molar-refractivity contribution in [3.05, 3.63) is 64.7 Å². The lowest BCUT2D eigenvalue weighted by Crippen LogP contribution is -2.30. The van der Waals surface area contributed by atoms with Gasteiger partial charge in [-0.15, -0.1) is 0 Å². The number of carbonyl (C=O) groups is 3. The van der Waals surface area contributed by atoms with E-state index < -0.39 is 29.6 Å². The molecule has 0 radical (unpaired) electrons. The van der Waals surface area contributed by atoms with Crippen molar-refractivity contribution in [2.45, 2.75) is 33.5 Å². The lowest BCUT2D eigenvalue weighted by Gasteiger charge is -2.12. The van der Waals surface area contributed by atoms with Gasteiger partial charge < -0.3 is 9.47 Å². The van der Waals surface area contributed by atoms with Crippen molar-refractivity contribution in [3.63, 3.8) is 0 Å². The van der Waals surface area contributed by atoms with E-state index in [4.69, 9.17) is 9.47 Å². The van der Waals surface area contributed by atoms with E-state index in [2.05, 4.69) is 0 Å². The number of hydrogen-bond donors (Lipinski definition) is 0. The van der Waals surface area contributed by atoms with Gasteiger partial charge in [-0.2, -0.15) is 0 Å². The Morgan fingerprint density at radius 1 is 1.04 bits per heavy atom. The van der Waals surface area contributed by atoms with Crippen molar-refractivity contribution in [1.29, 1.82) is 0 Å². The molecule has 1 unspecified atom stereocenters. The molecule has 0 saturated carbocycles. The third kappa shape index (κ3) is 3.38. The minimum absolute atomic E-state index is 0.186. The van der Waals surface area contributed by atoms with Crippen LogP contribution in [0.25, 0.3) is 0 Å². The Morgan fingerprint density at radius 2 is 1.73 bits per heavy atom. The molecular formula is C21H20O5. The summed E-state index contributed by atoms with van der Waals surface area (Å²) in [6.45, 7) is 5.57. The molecule has 5 nitrogen and oxygen atoms in total. The standard InChI is InChI=1S/C21H20O5/c1-12(2)21(24)26-20-18(22)15-5-4-6-16(17(15)19(20)23)25-11-14-9-7-13(3)8-10-14/h4-10,12,20H,11H2,1-3H3. The van der Waals surface area contributed by atoms with Gasteiger partial charge in [-0.05, 0) is 18.6 Å². The molecule has 0 aliphatic heterocycles. The molecule has 0 aromatic heterocycles. The van der Waals surface area contributed by atoms with Crippen LogP contribution < -0.4 is 4.74 Å². The van der Waals surface area contributed by atoms with Crippen molar-refractivity contribution in [2.24, 2.45) is 5.92 Å². The van der Waals surface area contributed by atoms with Crippen LogP contribution in [-0.2, 0) is 16.1 Å². The molecule has 0 amide bonds. The number of rotatable bonds is 5. The van der Waals surface area contributed by atoms with Crippen LogP contribution in [0, 0.1) is 12.8 Å². The number of esters is 1. The van der Waals surface area contributed by atoms with Crippen LogP contribution in [0.15, 0.2) is 42.5 Å². The van der Waals surface area contributed by atoms with Crippen molar-refractivity contribution >= 4 is 17.5 Å². The maximum Gasteiger partial charge on any atom is 0.309 e. The molecule has 3 rings (SSSR count). The Morgan fingerprint density at radius 3 is 2.38 bits per heavy atom. The van der Waals surface area contributed by atoms with Crippen molar-refractivity contribution in [3.8, 4) is 5.75 Å². The van der Waals surface area contributed by atoms with E-state index >= 15 is 0 Å². The number of aryl methyl sites for hydroxylation is 1. The van der Waals surface area contributed by atoms with Crippen molar-refractivity contribution in [2.75, 3.05) is 0 Å². The highest BCUT2D eigenvalue weighted by atomic mass is 16.6. The Balaban J connectivity index is 1.82. The average Bonchev–Trinajstić information content (AvgIpc) is 2.86. The fourth-order valence-corrected chi connectivity index (χ4v) is 2.71. The molecule has 2 aromatic rings. The van der Waals surface area contributed by atoms with Gasteiger partial charge in [0.1, 0.15) is 12.4 Å². The van der Waals surface area contributed by atoms with Crippen LogP contribution in [0.3, 0.4) is 0 Å². The first kappa shape index (κ1) is 17.9. The lowest BCUT2D eigenvalue weighted by atomic mass is 10.1. The van der Waals surface area contributed by atoms with Gasteiger partial charge in [-0.3, -0.25) is 14.4 Å². The Labute approximate surface area is 151 Å². The summed E-state index contributed by atoms with van der Waals surface area (Å²) in [6.07, 6.45) is -1.41. The summed E-state index contributed by atoms with van der Waals surface area (Å²) in [5, 5.41) is 0. The van der Waals surface area contributed by atoms with Crippen LogP contribution in [0.2, 0.25) is 0 Å². The number of ether oxygens (including phenoxy) is 2. The van der Waals surface area contributed by atoms with E-state index in [0.717, 1.165) is 11.1 Å². The van der Waals surface area contributed by atoms with Crippen molar-refractivity contribution in [1.82, 2.24) is 0 Å². The van der Waals surface area contributed by atoms with Gasteiger partial charge in [0.15, 0.2) is 0 Å². The quantitative estimate of drug-likeness (QED) is 0.608. The van der Waals surface area contributed by atoms with Crippen LogP contribution in [0.4, 0.5) is 0 Å². The first-order valence-electron chi connectivity index (χ1n) is 8.48. The summed E-state index contributed by atoms with van der Waals surface area (Å²) < 4.78 is 10.9. The maximum absolute atomic E-state index is 12.7. The first-order valence-corrected chi connectivity index (χ1v) is 8.48. The van der Waals surface area contributed by atoms with Crippen LogP contribution >= 0.6 is 0 Å². The summed E-state index contributed by atoms with van der Waals surface area (Å²) in [6, 6.07) is 12.7. The summed E-state index contributed by atoms with van der Waals surface area (Å²) >= 11 is 0. The third-order valence-corrected chi connectivity index (χ3v) is 4.23. The molecule has 134 valence electrons. The summed E-state index contributed by atoms with van der Waals surface area (Å²) in [5.41, 5.74) is 2.52. The fraction of sp³-hybridized carbons (Fsp3) is 0.286. The van der Waals surface area contributed by atoms with E-state index in [9.17, 15) is 14.4 Å². The fourth-order valence-electron chi connectivity index (χ4n) is 2.71. The topological polar surface area (TPSA) is 69.7 Å². The maximum atomic E-state index is 12.7. The predicted octanol–water partition coefficient (Wildman–Crippen LogP) is 3.52. The van der Waals surface area contributed by atoms with Crippen LogP contribution in [0.1, 0.15) is 45.7 Å². The second kappa shape index (κ2) is 7.12. The highest BCUT2D eigenvalue weighted by Crippen LogP contribution is 2.33. The molecule has 1 aliphatic carbocycles. The van der Waals surface area contributed by atoms with Gasteiger partial charge in [0, 0.05) is 5.56 Å². The molecule has 26 heavy (non-hydrogen) atoms. The molecule has 0 N–H and O–H groups in total. The zero-order valence-electron chi connectivity index (χ0n) is 14.9. The molecule has 0 spiro atoms. The SMILES string of the molecule is Cc1ccc(COc2cccc3c2C(=O)C(OC(=O)C(C)C)C3=O)cc1. The highest BCUT2D eigenvalue weighted by molar-refractivity contribution is 6.30. The first-order chi connectivity index (χ1) is 12.4. The molecule has 0 heterocycles. The van der Waals surface area contributed by atoms with Crippen molar-refractivity contribution < 1.29 is 23.9 Å². The van der Waals surface area contributed by atoms with Crippen LogP contribution in [-0.4, -0.2) is 23.6 Å². The number of fused-ring (bicyclic) bond motifs is 1. The highest BCUT2D eigenvalue weighted by Gasteiger charge is 2.43. The lowest BCUT2D eigenvalue weighted by molar-refractivity contribution is -0.148. The van der Waals surface area contributed by atoms with Gasteiger partial charge >= 0.3 is 5.97 Å². The Bertz CT molecular complexity index is 864. The summed E-state index contributed by atoms with van der Waals surface area (Å²) in [4.78, 5) is 36.9. The summed E-state index contributed by atoms with van der Waals surface area (Å²) in [5.74, 6) is -1.70. The predicted molar refractivity (Wildman–Crippen MR) is 95.3 cm³/mol. The zero-order chi connectivity index (χ0) is 18.8. The number of ketones is 2. The molecule has 1 atom stereocenters. The van der Waals surface area contributed by atoms with E-state index in [-0.39, 0.29) is 17.7 Å². The normalized spacial score (nSPS) is 15.9. The molecule has 2 aromatic carbocycles. The zero-order valence-corrected chi connectivity index (χ0v) is 14.9. The second-order valence-corrected chi connectivity index (χ2v) is 6.65. The number of benzene rings is 2. The largest absolute Gasteiger partial charge is 0.488 e. The molecule has 0 saturated heterocycles. The summed E-state index contributed by atoms with van der Waals surface area (Å²) in [7, 11) is 0. The van der Waals surface area contributed by atoms with E-state index in [1.807, 2.05) is 31.2 Å². The Hall–Kier alpha value is -2.95. The monoisotopic (exact) mass is 352 g/mol. The molecule has 5 heteroatoms. The van der Waals surface area contributed by atoms with E-state index in [1.165, 1.54) is 0 Å².